The summed E-state index contributed by atoms with van der Waals surface area (Å²) >= 11 is 0. The van der Waals surface area contributed by atoms with Gasteiger partial charge in [-0.25, -0.2) is 4.98 Å². The molecule has 1 aromatic heterocycles. The Morgan fingerprint density at radius 2 is 2.05 bits per heavy atom. The van der Waals surface area contributed by atoms with Crippen LogP contribution >= 0.6 is 0 Å². The van der Waals surface area contributed by atoms with Crippen LogP contribution in [0.4, 0.5) is 24.8 Å². The smallest absolute Gasteiger partial charge is 0.370 e. The second kappa shape index (κ2) is 5.89. The van der Waals surface area contributed by atoms with Gasteiger partial charge in [0, 0.05) is 19.6 Å². The van der Waals surface area contributed by atoms with Crippen LogP contribution in [0.25, 0.3) is 0 Å². The standard InChI is InChI=1S/C14H20F3N3/c1-3-7-18-12-8-10(14(15,16)17)9-13(19-12)20(2)11-5-4-6-11/h8-9,11H,3-7H2,1-2H3,(H,18,19). The van der Waals surface area contributed by atoms with Crippen LogP contribution in [0.1, 0.15) is 38.2 Å². The highest BCUT2D eigenvalue weighted by Crippen LogP contribution is 2.34. The highest BCUT2D eigenvalue weighted by atomic mass is 19.4. The van der Waals surface area contributed by atoms with Gasteiger partial charge in [0.2, 0.25) is 0 Å². The molecule has 6 heteroatoms. The van der Waals surface area contributed by atoms with Crippen molar-refractivity contribution < 1.29 is 13.2 Å². The molecular weight excluding hydrogens is 267 g/mol. The van der Waals surface area contributed by atoms with Gasteiger partial charge in [0.1, 0.15) is 11.6 Å². The molecule has 0 saturated heterocycles. The van der Waals surface area contributed by atoms with Crippen molar-refractivity contribution in [3.63, 3.8) is 0 Å². The molecule has 0 bridgehead atoms. The molecule has 1 heterocycles. The molecule has 2 rings (SSSR count). The normalized spacial score (nSPS) is 15.8. The minimum absolute atomic E-state index is 0.294. The molecule has 0 amide bonds. The largest absolute Gasteiger partial charge is 0.416 e. The summed E-state index contributed by atoms with van der Waals surface area (Å²) in [4.78, 5) is 6.16. The number of nitrogens with one attached hydrogen (secondary N) is 1. The molecule has 1 saturated carbocycles. The average molecular weight is 287 g/mol. The summed E-state index contributed by atoms with van der Waals surface area (Å²) in [6.45, 7) is 2.57. The van der Waals surface area contributed by atoms with Crippen LogP contribution in [0.5, 0.6) is 0 Å². The summed E-state index contributed by atoms with van der Waals surface area (Å²) in [7, 11) is 1.82. The van der Waals surface area contributed by atoms with Gasteiger partial charge in [-0.1, -0.05) is 6.92 Å². The van der Waals surface area contributed by atoms with Crippen LogP contribution in [-0.2, 0) is 6.18 Å². The SMILES string of the molecule is CCCNc1cc(C(F)(F)F)cc(N(C)C2CCC2)n1. The Morgan fingerprint density at radius 1 is 1.35 bits per heavy atom. The summed E-state index contributed by atoms with van der Waals surface area (Å²) in [5.41, 5.74) is -0.646. The summed E-state index contributed by atoms with van der Waals surface area (Å²) < 4.78 is 38.9. The minimum Gasteiger partial charge on any atom is -0.370 e. The second-order valence-electron chi connectivity index (χ2n) is 5.22. The van der Waals surface area contributed by atoms with Gasteiger partial charge in [0.25, 0.3) is 0 Å². The van der Waals surface area contributed by atoms with Crippen molar-refractivity contribution in [2.45, 2.75) is 44.8 Å². The quantitative estimate of drug-likeness (QED) is 0.890. The number of hydrogen-bond acceptors (Lipinski definition) is 3. The van der Waals surface area contributed by atoms with E-state index in [4.69, 9.17) is 0 Å². The van der Waals surface area contributed by atoms with Crippen LogP contribution in [0.3, 0.4) is 0 Å². The molecule has 0 aliphatic heterocycles. The first-order chi connectivity index (χ1) is 9.41. The zero-order chi connectivity index (χ0) is 14.8. The third-order valence-corrected chi connectivity index (χ3v) is 3.68. The van der Waals surface area contributed by atoms with Gasteiger partial charge < -0.3 is 10.2 Å². The Morgan fingerprint density at radius 3 is 2.55 bits per heavy atom. The number of alkyl halides is 3. The molecule has 20 heavy (non-hydrogen) atoms. The zero-order valence-electron chi connectivity index (χ0n) is 11.8. The molecule has 1 fully saturated rings. The van der Waals surface area contributed by atoms with E-state index < -0.39 is 11.7 Å². The van der Waals surface area contributed by atoms with Crippen molar-refractivity contribution in [2.24, 2.45) is 0 Å². The third-order valence-electron chi connectivity index (χ3n) is 3.68. The number of nitrogens with zero attached hydrogens (tertiary/aromatic N) is 2. The Kier molecular flexibility index (Phi) is 4.40. The van der Waals surface area contributed by atoms with Crippen LogP contribution in [0.2, 0.25) is 0 Å². The number of pyridine rings is 1. The van der Waals surface area contributed by atoms with Crippen LogP contribution < -0.4 is 10.2 Å². The maximum absolute atomic E-state index is 13.0. The topological polar surface area (TPSA) is 28.2 Å². The molecule has 1 N–H and O–H groups in total. The molecule has 0 spiro atoms. The van der Waals surface area contributed by atoms with E-state index in [0.717, 1.165) is 37.8 Å². The first kappa shape index (κ1) is 14.9. The predicted molar refractivity (Wildman–Crippen MR) is 74.1 cm³/mol. The molecule has 0 aromatic carbocycles. The summed E-state index contributed by atoms with van der Waals surface area (Å²) in [6, 6.07) is 2.52. The van der Waals surface area contributed by atoms with Crippen LogP contribution in [0, 0.1) is 0 Å². The van der Waals surface area contributed by atoms with E-state index >= 15 is 0 Å². The highest BCUT2D eigenvalue weighted by Gasteiger charge is 2.33. The molecule has 1 aromatic rings. The minimum atomic E-state index is -4.35. The Bertz CT molecular complexity index is 455. The van der Waals surface area contributed by atoms with Gasteiger partial charge in [-0.2, -0.15) is 13.2 Å². The Labute approximate surface area is 117 Å². The van der Waals surface area contributed by atoms with Crippen LogP contribution in [0.15, 0.2) is 12.1 Å². The molecule has 1 aliphatic carbocycles. The van der Waals surface area contributed by atoms with Gasteiger partial charge in [-0.3, -0.25) is 0 Å². The second-order valence-corrected chi connectivity index (χ2v) is 5.22. The molecule has 0 unspecified atom stereocenters. The van der Waals surface area contributed by atoms with E-state index in [0.29, 0.717) is 24.2 Å². The molecule has 0 atom stereocenters. The maximum atomic E-state index is 13.0. The van der Waals surface area contributed by atoms with Gasteiger partial charge in [-0.05, 0) is 37.8 Å². The Hall–Kier alpha value is -1.46. The maximum Gasteiger partial charge on any atom is 0.416 e. The van der Waals surface area contributed by atoms with Crippen molar-refractivity contribution >= 4 is 11.6 Å². The van der Waals surface area contributed by atoms with Crippen molar-refractivity contribution in [3.8, 4) is 0 Å². The van der Waals surface area contributed by atoms with Crippen LogP contribution in [-0.4, -0.2) is 24.6 Å². The highest BCUT2D eigenvalue weighted by molar-refractivity contribution is 5.51. The fraction of sp³-hybridized carbons (Fsp3) is 0.643. The summed E-state index contributed by atoms with van der Waals surface area (Å²) in [5, 5.41) is 2.94. The third kappa shape index (κ3) is 3.35. The van der Waals surface area contributed by atoms with Gasteiger partial charge in [-0.15, -0.1) is 0 Å². The zero-order valence-corrected chi connectivity index (χ0v) is 11.8. The fourth-order valence-electron chi connectivity index (χ4n) is 2.17. The summed E-state index contributed by atoms with van der Waals surface area (Å²) in [5.74, 6) is 0.686. The number of hydrogen-bond donors (Lipinski definition) is 1. The van der Waals surface area contributed by atoms with E-state index in [1.807, 2.05) is 18.9 Å². The average Bonchev–Trinajstić information content (AvgIpc) is 2.32. The molecule has 1 aliphatic rings. The monoisotopic (exact) mass is 287 g/mol. The van der Waals surface area contributed by atoms with Crippen molar-refractivity contribution in [2.75, 3.05) is 23.8 Å². The van der Waals surface area contributed by atoms with E-state index in [1.165, 1.54) is 0 Å². The molecule has 3 nitrogen and oxygen atoms in total. The lowest BCUT2D eigenvalue weighted by Gasteiger charge is -2.36. The molecule has 0 radical (unpaired) electrons. The number of halogens is 3. The molecular formula is C14H20F3N3. The summed E-state index contributed by atoms with van der Waals surface area (Å²) in [6.07, 6.45) is -0.334. The van der Waals surface area contributed by atoms with Gasteiger partial charge in [0.05, 0.1) is 5.56 Å². The molecule has 112 valence electrons. The van der Waals surface area contributed by atoms with Crippen molar-refractivity contribution in [3.05, 3.63) is 17.7 Å². The number of anilines is 2. The van der Waals surface area contributed by atoms with E-state index in [-0.39, 0.29) is 0 Å². The predicted octanol–water partition coefficient (Wildman–Crippen LogP) is 3.91. The van der Waals surface area contributed by atoms with E-state index in [2.05, 4.69) is 10.3 Å². The van der Waals surface area contributed by atoms with E-state index in [1.54, 1.807) is 0 Å². The van der Waals surface area contributed by atoms with E-state index in [9.17, 15) is 13.2 Å². The fourth-order valence-corrected chi connectivity index (χ4v) is 2.17. The number of rotatable bonds is 5. The van der Waals surface area contributed by atoms with Crippen molar-refractivity contribution in [1.82, 2.24) is 4.98 Å². The Balaban J connectivity index is 2.29. The lowest BCUT2D eigenvalue weighted by atomic mass is 9.92. The number of aromatic nitrogens is 1. The lowest BCUT2D eigenvalue weighted by molar-refractivity contribution is -0.137. The van der Waals surface area contributed by atoms with Crippen molar-refractivity contribution in [1.29, 1.82) is 0 Å². The first-order valence-corrected chi connectivity index (χ1v) is 6.98. The van der Waals surface area contributed by atoms with Gasteiger partial charge in [0.15, 0.2) is 0 Å². The lowest BCUT2D eigenvalue weighted by Crippen LogP contribution is -2.37. The first-order valence-electron chi connectivity index (χ1n) is 6.98. The van der Waals surface area contributed by atoms with Gasteiger partial charge >= 0.3 is 6.18 Å².